The number of ether oxygens (including phenoxy) is 1. The summed E-state index contributed by atoms with van der Waals surface area (Å²) in [7, 11) is 0. The fourth-order valence-corrected chi connectivity index (χ4v) is 2.31. The van der Waals surface area contributed by atoms with Crippen molar-refractivity contribution in [2.24, 2.45) is 5.73 Å². The number of hydrogen-bond acceptors (Lipinski definition) is 4. The summed E-state index contributed by atoms with van der Waals surface area (Å²) in [5, 5.41) is 10.4. The number of benzene rings is 2. The maximum absolute atomic E-state index is 12.6. The molecular formula is C17H16N4O3. The van der Waals surface area contributed by atoms with Gasteiger partial charge in [-0.1, -0.05) is 24.3 Å². The molecule has 3 aromatic rings. The molecule has 0 aliphatic rings. The van der Waals surface area contributed by atoms with E-state index in [1.807, 2.05) is 6.07 Å². The standard InChI is InChI=1S/C17H16N4O3/c18-15(22)8-9-24-14-7-2-1-6-13(14)20-17(23)12-5-3-4-11-10-19-21-16(11)12/h1-7,10H,8-9H2,(H2,18,22)(H,19,21)(H,20,23). The lowest BCUT2D eigenvalue weighted by Crippen LogP contribution is -2.16. The minimum Gasteiger partial charge on any atom is -0.491 e. The zero-order chi connectivity index (χ0) is 16.9. The highest BCUT2D eigenvalue weighted by Gasteiger charge is 2.13. The van der Waals surface area contributed by atoms with Crippen LogP contribution in [0.4, 0.5) is 5.69 Å². The van der Waals surface area contributed by atoms with Crippen LogP contribution in [0.3, 0.4) is 0 Å². The number of fused-ring (bicyclic) bond motifs is 1. The average molecular weight is 324 g/mol. The summed E-state index contributed by atoms with van der Waals surface area (Å²) in [6.07, 6.45) is 1.77. The monoisotopic (exact) mass is 324 g/mol. The molecule has 1 heterocycles. The third-order valence-electron chi connectivity index (χ3n) is 3.46. The van der Waals surface area contributed by atoms with Gasteiger partial charge >= 0.3 is 0 Å². The molecule has 24 heavy (non-hydrogen) atoms. The van der Waals surface area contributed by atoms with Gasteiger partial charge < -0.3 is 15.8 Å². The summed E-state index contributed by atoms with van der Waals surface area (Å²) < 4.78 is 5.52. The molecule has 1 aromatic heterocycles. The predicted molar refractivity (Wildman–Crippen MR) is 89.8 cm³/mol. The molecule has 0 atom stereocenters. The molecule has 7 heteroatoms. The molecule has 2 aromatic carbocycles. The molecule has 0 spiro atoms. The van der Waals surface area contributed by atoms with E-state index in [9.17, 15) is 9.59 Å². The smallest absolute Gasteiger partial charge is 0.257 e. The Labute approximate surface area is 137 Å². The Balaban J connectivity index is 1.79. The van der Waals surface area contributed by atoms with Crippen LogP contribution in [-0.2, 0) is 4.79 Å². The summed E-state index contributed by atoms with van der Waals surface area (Å²) in [6, 6.07) is 12.4. The average Bonchev–Trinajstić information content (AvgIpc) is 3.04. The first-order chi connectivity index (χ1) is 11.6. The number of nitrogens with two attached hydrogens (primary N) is 1. The minimum atomic E-state index is -0.442. The Morgan fingerprint density at radius 2 is 2.00 bits per heavy atom. The van der Waals surface area contributed by atoms with E-state index in [-0.39, 0.29) is 18.9 Å². The van der Waals surface area contributed by atoms with Gasteiger partial charge in [0.1, 0.15) is 5.75 Å². The number of primary amides is 1. The van der Waals surface area contributed by atoms with Gasteiger partial charge in [-0.2, -0.15) is 5.10 Å². The van der Waals surface area contributed by atoms with Crippen LogP contribution in [0.5, 0.6) is 5.75 Å². The molecule has 7 nitrogen and oxygen atoms in total. The van der Waals surface area contributed by atoms with E-state index in [1.165, 1.54) is 0 Å². The molecule has 0 bridgehead atoms. The molecule has 4 N–H and O–H groups in total. The Bertz CT molecular complexity index is 888. The van der Waals surface area contributed by atoms with E-state index in [0.717, 1.165) is 5.39 Å². The van der Waals surface area contributed by atoms with E-state index in [4.69, 9.17) is 10.5 Å². The first-order valence-corrected chi connectivity index (χ1v) is 7.39. The van der Waals surface area contributed by atoms with Crippen LogP contribution in [0.2, 0.25) is 0 Å². The maximum Gasteiger partial charge on any atom is 0.257 e. The molecule has 0 fully saturated rings. The molecule has 122 valence electrons. The normalized spacial score (nSPS) is 10.5. The number of para-hydroxylation sites is 3. The molecule has 0 aliphatic heterocycles. The molecular weight excluding hydrogens is 308 g/mol. The number of carbonyl (C=O) groups excluding carboxylic acids is 2. The summed E-state index contributed by atoms with van der Waals surface area (Å²) in [4.78, 5) is 23.4. The van der Waals surface area contributed by atoms with Crippen LogP contribution in [0.1, 0.15) is 16.8 Å². The lowest BCUT2D eigenvalue weighted by molar-refractivity contribution is -0.118. The molecule has 0 aliphatic carbocycles. The van der Waals surface area contributed by atoms with Crippen molar-refractivity contribution in [3.63, 3.8) is 0 Å². The third kappa shape index (κ3) is 3.35. The van der Waals surface area contributed by atoms with Crippen LogP contribution in [0, 0.1) is 0 Å². The van der Waals surface area contributed by atoms with Crippen molar-refractivity contribution in [3.05, 3.63) is 54.2 Å². The SMILES string of the molecule is NC(=O)CCOc1ccccc1NC(=O)c1cccc2cn[nH]c12. The maximum atomic E-state index is 12.6. The van der Waals surface area contributed by atoms with Gasteiger partial charge in [0.05, 0.1) is 36.0 Å². The van der Waals surface area contributed by atoms with Crippen LogP contribution >= 0.6 is 0 Å². The fourth-order valence-electron chi connectivity index (χ4n) is 2.31. The molecule has 0 radical (unpaired) electrons. The first-order valence-electron chi connectivity index (χ1n) is 7.39. The highest BCUT2D eigenvalue weighted by Crippen LogP contribution is 2.25. The molecule has 0 saturated heterocycles. The van der Waals surface area contributed by atoms with Crippen molar-refractivity contribution in [2.75, 3.05) is 11.9 Å². The second kappa shape index (κ2) is 6.82. The van der Waals surface area contributed by atoms with E-state index < -0.39 is 5.91 Å². The largest absolute Gasteiger partial charge is 0.491 e. The number of amides is 2. The number of anilines is 1. The zero-order valence-electron chi connectivity index (χ0n) is 12.8. The second-order valence-corrected chi connectivity index (χ2v) is 5.15. The fraction of sp³-hybridized carbons (Fsp3) is 0.118. The number of carbonyl (C=O) groups is 2. The Morgan fingerprint density at radius 3 is 2.83 bits per heavy atom. The van der Waals surface area contributed by atoms with Gasteiger partial charge in [-0.15, -0.1) is 0 Å². The third-order valence-corrected chi connectivity index (χ3v) is 3.46. The number of aromatic amines is 1. The Hall–Kier alpha value is -3.35. The van der Waals surface area contributed by atoms with Crippen LogP contribution in [-0.4, -0.2) is 28.6 Å². The summed E-state index contributed by atoms with van der Waals surface area (Å²) in [5.41, 5.74) is 6.76. The van der Waals surface area contributed by atoms with E-state index in [1.54, 1.807) is 42.6 Å². The molecule has 2 amide bonds. The minimum absolute atomic E-state index is 0.107. The van der Waals surface area contributed by atoms with Crippen molar-refractivity contribution in [2.45, 2.75) is 6.42 Å². The van der Waals surface area contributed by atoms with E-state index >= 15 is 0 Å². The van der Waals surface area contributed by atoms with Crippen molar-refractivity contribution in [1.82, 2.24) is 10.2 Å². The van der Waals surface area contributed by atoms with Crippen LogP contribution in [0.15, 0.2) is 48.7 Å². The van der Waals surface area contributed by atoms with Gasteiger partial charge in [-0.05, 0) is 18.2 Å². The van der Waals surface area contributed by atoms with Crippen molar-refractivity contribution < 1.29 is 14.3 Å². The number of H-pyrrole nitrogens is 1. The lowest BCUT2D eigenvalue weighted by atomic mass is 10.1. The van der Waals surface area contributed by atoms with Crippen molar-refractivity contribution in [3.8, 4) is 5.75 Å². The van der Waals surface area contributed by atoms with E-state index in [0.29, 0.717) is 22.5 Å². The van der Waals surface area contributed by atoms with Gasteiger partial charge in [0, 0.05) is 5.39 Å². The summed E-state index contributed by atoms with van der Waals surface area (Å²) in [5.74, 6) is -0.248. The zero-order valence-corrected chi connectivity index (χ0v) is 12.8. The van der Waals surface area contributed by atoms with Gasteiger partial charge in [0.2, 0.25) is 5.91 Å². The number of aromatic nitrogens is 2. The second-order valence-electron chi connectivity index (χ2n) is 5.15. The Kier molecular flexibility index (Phi) is 4.42. The van der Waals surface area contributed by atoms with Gasteiger partial charge in [0.25, 0.3) is 5.91 Å². The van der Waals surface area contributed by atoms with E-state index in [2.05, 4.69) is 15.5 Å². The number of nitrogens with one attached hydrogen (secondary N) is 2. The lowest BCUT2D eigenvalue weighted by Gasteiger charge is -2.12. The highest BCUT2D eigenvalue weighted by atomic mass is 16.5. The molecule has 0 saturated carbocycles. The van der Waals surface area contributed by atoms with Crippen molar-refractivity contribution >= 4 is 28.4 Å². The quantitative estimate of drug-likeness (QED) is 0.644. The number of hydrogen-bond donors (Lipinski definition) is 3. The first kappa shape index (κ1) is 15.5. The molecule has 0 unspecified atom stereocenters. The number of nitrogens with zero attached hydrogens (tertiary/aromatic N) is 1. The van der Waals surface area contributed by atoms with Crippen LogP contribution < -0.4 is 15.8 Å². The highest BCUT2D eigenvalue weighted by molar-refractivity contribution is 6.12. The van der Waals surface area contributed by atoms with Crippen LogP contribution in [0.25, 0.3) is 10.9 Å². The molecule has 3 rings (SSSR count). The summed E-state index contributed by atoms with van der Waals surface area (Å²) >= 11 is 0. The van der Waals surface area contributed by atoms with Crippen molar-refractivity contribution in [1.29, 1.82) is 0 Å². The topological polar surface area (TPSA) is 110 Å². The number of rotatable bonds is 6. The van der Waals surface area contributed by atoms with Gasteiger partial charge in [-0.25, -0.2) is 0 Å². The van der Waals surface area contributed by atoms with Gasteiger partial charge in [-0.3, -0.25) is 14.7 Å². The van der Waals surface area contributed by atoms with Gasteiger partial charge in [0.15, 0.2) is 0 Å². The summed E-state index contributed by atoms with van der Waals surface area (Å²) in [6.45, 7) is 0.151. The Morgan fingerprint density at radius 1 is 1.17 bits per heavy atom. The predicted octanol–water partition coefficient (Wildman–Crippen LogP) is 2.07.